The summed E-state index contributed by atoms with van der Waals surface area (Å²) in [5.41, 5.74) is 5.97. The molecule has 1 aromatic carbocycles. The Morgan fingerprint density at radius 2 is 2.05 bits per heavy atom. The number of esters is 1. The Balaban J connectivity index is 3.10. The molecule has 112 valence electrons. The summed E-state index contributed by atoms with van der Waals surface area (Å²) >= 11 is 6.11. The number of carbonyl (C=O) groups excluding carboxylic acids is 1. The molecule has 1 rings (SSSR count). The first-order chi connectivity index (χ1) is 9.47. The van der Waals surface area contributed by atoms with Gasteiger partial charge in [-0.1, -0.05) is 17.7 Å². The third-order valence-electron chi connectivity index (χ3n) is 2.70. The van der Waals surface area contributed by atoms with Gasteiger partial charge in [-0.3, -0.25) is 0 Å². The predicted octanol–water partition coefficient (Wildman–Crippen LogP) is 2.26. The summed E-state index contributed by atoms with van der Waals surface area (Å²) in [5.74, 6) is -0.399. The predicted molar refractivity (Wildman–Crippen MR) is 73.0 cm³/mol. The maximum Gasteiger partial charge on any atom is 0.342 e. The molecule has 1 unspecified atom stereocenters. The molecule has 0 radical (unpaired) electrons. The second kappa shape index (κ2) is 7.31. The van der Waals surface area contributed by atoms with Gasteiger partial charge in [-0.25, -0.2) is 9.18 Å². The second-order valence-corrected chi connectivity index (χ2v) is 4.26. The molecule has 0 aliphatic heterocycles. The van der Waals surface area contributed by atoms with Gasteiger partial charge in [-0.15, -0.1) is 0 Å². The molecular formula is C13H17ClFNO4. The zero-order valence-electron chi connectivity index (χ0n) is 11.5. The van der Waals surface area contributed by atoms with E-state index in [0.717, 1.165) is 0 Å². The van der Waals surface area contributed by atoms with Crippen molar-refractivity contribution >= 4 is 17.6 Å². The van der Waals surface area contributed by atoms with Crippen molar-refractivity contribution in [1.29, 1.82) is 0 Å². The number of rotatable bonds is 6. The van der Waals surface area contributed by atoms with Crippen LogP contribution in [0.3, 0.4) is 0 Å². The Kier molecular flexibility index (Phi) is 6.04. The standard InChI is InChI=1S/C13H17ClFNO4/c1-4-20-13(17)10(15)11(16)7-5-6-8(18-2)12(19-3)9(7)14/h5-6,10-11H,4,16H2,1-3H3/t10?,11-/m0/s1. The fourth-order valence-corrected chi connectivity index (χ4v) is 2.05. The molecule has 0 aromatic heterocycles. The van der Waals surface area contributed by atoms with Crippen LogP contribution in [0.15, 0.2) is 12.1 Å². The molecule has 0 aliphatic rings. The topological polar surface area (TPSA) is 70.8 Å². The van der Waals surface area contributed by atoms with Gasteiger partial charge in [0.1, 0.15) is 0 Å². The lowest BCUT2D eigenvalue weighted by atomic mass is 10.0. The Morgan fingerprint density at radius 1 is 1.40 bits per heavy atom. The fraction of sp³-hybridized carbons (Fsp3) is 0.462. The minimum Gasteiger partial charge on any atom is -0.493 e. The highest BCUT2D eigenvalue weighted by Crippen LogP contribution is 2.40. The summed E-state index contributed by atoms with van der Waals surface area (Å²) in [6, 6.07) is 1.78. The average molecular weight is 306 g/mol. The third kappa shape index (κ3) is 3.32. The van der Waals surface area contributed by atoms with Crippen molar-refractivity contribution in [1.82, 2.24) is 0 Å². The van der Waals surface area contributed by atoms with Crippen LogP contribution in [0.2, 0.25) is 5.02 Å². The molecule has 2 atom stereocenters. The lowest BCUT2D eigenvalue weighted by Gasteiger charge is -2.19. The van der Waals surface area contributed by atoms with E-state index < -0.39 is 18.2 Å². The molecule has 7 heteroatoms. The highest BCUT2D eigenvalue weighted by molar-refractivity contribution is 6.33. The van der Waals surface area contributed by atoms with E-state index in [0.29, 0.717) is 5.75 Å². The van der Waals surface area contributed by atoms with Crippen LogP contribution in [-0.4, -0.2) is 33.0 Å². The first-order valence-corrected chi connectivity index (χ1v) is 6.32. The van der Waals surface area contributed by atoms with Crippen molar-refractivity contribution in [2.24, 2.45) is 5.73 Å². The third-order valence-corrected chi connectivity index (χ3v) is 3.09. The minimum atomic E-state index is -2.01. The lowest BCUT2D eigenvalue weighted by molar-refractivity contribution is -0.149. The van der Waals surface area contributed by atoms with Crippen molar-refractivity contribution in [3.05, 3.63) is 22.7 Å². The molecule has 0 fully saturated rings. The van der Waals surface area contributed by atoms with Gasteiger partial charge in [0, 0.05) is 0 Å². The molecule has 0 aliphatic carbocycles. The molecule has 0 saturated carbocycles. The number of carbonyl (C=O) groups is 1. The molecule has 0 saturated heterocycles. The SMILES string of the molecule is CCOC(=O)C(F)[C@@H](N)c1ccc(OC)c(OC)c1Cl. The zero-order chi connectivity index (χ0) is 15.3. The fourth-order valence-electron chi connectivity index (χ4n) is 1.69. The van der Waals surface area contributed by atoms with Crippen molar-refractivity contribution in [2.45, 2.75) is 19.1 Å². The number of hydrogen-bond donors (Lipinski definition) is 1. The van der Waals surface area contributed by atoms with E-state index in [1.807, 2.05) is 0 Å². The molecule has 2 N–H and O–H groups in total. The lowest BCUT2D eigenvalue weighted by Crippen LogP contribution is -2.31. The van der Waals surface area contributed by atoms with Crippen molar-refractivity contribution in [3.8, 4) is 11.5 Å². The minimum absolute atomic E-state index is 0.0750. The molecule has 1 aromatic rings. The first kappa shape index (κ1) is 16.5. The molecule has 0 bridgehead atoms. The van der Waals surface area contributed by atoms with Gasteiger partial charge in [0.25, 0.3) is 0 Å². The summed E-state index contributed by atoms with van der Waals surface area (Å²) in [6.45, 7) is 1.66. The quantitative estimate of drug-likeness (QED) is 0.816. The van der Waals surface area contributed by atoms with Crippen LogP contribution in [0.1, 0.15) is 18.5 Å². The second-order valence-electron chi connectivity index (χ2n) is 3.88. The maximum atomic E-state index is 13.9. The Bertz CT molecular complexity index is 484. The van der Waals surface area contributed by atoms with Crippen LogP contribution in [-0.2, 0) is 9.53 Å². The molecule has 0 heterocycles. The van der Waals surface area contributed by atoms with Crippen LogP contribution in [0.4, 0.5) is 4.39 Å². The van der Waals surface area contributed by atoms with Gasteiger partial charge < -0.3 is 19.9 Å². The number of ether oxygens (including phenoxy) is 3. The van der Waals surface area contributed by atoms with E-state index in [-0.39, 0.29) is 22.9 Å². The summed E-state index contributed by atoms with van der Waals surface area (Å²) in [4.78, 5) is 11.4. The van der Waals surface area contributed by atoms with E-state index in [4.69, 9.17) is 26.8 Å². The normalized spacial score (nSPS) is 13.5. The van der Waals surface area contributed by atoms with Crippen LogP contribution < -0.4 is 15.2 Å². The monoisotopic (exact) mass is 305 g/mol. The summed E-state index contributed by atoms with van der Waals surface area (Å²) < 4.78 is 28.7. The first-order valence-electron chi connectivity index (χ1n) is 5.94. The van der Waals surface area contributed by atoms with Gasteiger partial charge >= 0.3 is 5.97 Å². The molecule has 0 amide bonds. The zero-order valence-corrected chi connectivity index (χ0v) is 12.2. The van der Waals surface area contributed by atoms with Crippen LogP contribution >= 0.6 is 11.6 Å². The number of alkyl halides is 1. The van der Waals surface area contributed by atoms with Crippen molar-refractivity contribution < 1.29 is 23.4 Å². The maximum absolute atomic E-state index is 13.9. The van der Waals surface area contributed by atoms with Gasteiger partial charge in [-0.05, 0) is 18.6 Å². The van der Waals surface area contributed by atoms with Gasteiger partial charge in [0.2, 0.25) is 6.17 Å². The number of methoxy groups -OCH3 is 2. The largest absolute Gasteiger partial charge is 0.493 e. The highest BCUT2D eigenvalue weighted by Gasteiger charge is 2.30. The number of benzene rings is 1. The average Bonchev–Trinajstić information content (AvgIpc) is 2.45. The molecule has 5 nitrogen and oxygen atoms in total. The summed E-state index contributed by atoms with van der Waals surface area (Å²) in [5, 5.41) is 0.103. The Labute approximate surface area is 121 Å². The van der Waals surface area contributed by atoms with Crippen molar-refractivity contribution in [2.75, 3.05) is 20.8 Å². The highest BCUT2D eigenvalue weighted by atomic mass is 35.5. The number of halogens is 2. The number of nitrogens with two attached hydrogens (primary N) is 1. The van der Waals surface area contributed by atoms with Crippen LogP contribution in [0, 0.1) is 0 Å². The number of hydrogen-bond acceptors (Lipinski definition) is 5. The van der Waals surface area contributed by atoms with Gasteiger partial charge in [0.15, 0.2) is 11.5 Å². The van der Waals surface area contributed by atoms with Gasteiger partial charge in [0.05, 0.1) is 31.9 Å². The molecular weight excluding hydrogens is 289 g/mol. The smallest absolute Gasteiger partial charge is 0.342 e. The van der Waals surface area contributed by atoms with E-state index in [1.165, 1.54) is 26.4 Å². The molecule has 0 spiro atoms. The molecule has 20 heavy (non-hydrogen) atoms. The van der Waals surface area contributed by atoms with E-state index in [1.54, 1.807) is 6.92 Å². The van der Waals surface area contributed by atoms with Crippen molar-refractivity contribution in [3.63, 3.8) is 0 Å². The summed E-state index contributed by atoms with van der Waals surface area (Å²) in [6.07, 6.45) is -2.01. The van der Waals surface area contributed by atoms with Gasteiger partial charge in [-0.2, -0.15) is 0 Å². The summed E-state index contributed by atoms with van der Waals surface area (Å²) in [7, 11) is 2.85. The van der Waals surface area contributed by atoms with E-state index in [2.05, 4.69) is 4.74 Å². The van der Waals surface area contributed by atoms with Crippen LogP contribution in [0.25, 0.3) is 0 Å². The van der Waals surface area contributed by atoms with E-state index >= 15 is 0 Å². The Hall–Kier alpha value is -1.53. The van der Waals surface area contributed by atoms with Crippen LogP contribution in [0.5, 0.6) is 11.5 Å². The Morgan fingerprint density at radius 3 is 2.55 bits per heavy atom. The van der Waals surface area contributed by atoms with E-state index in [9.17, 15) is 9.18 Å².